The summed E-state index contributed by atoms with van der Waals surface area (Å²) in [7, 11) is 0. The van der Waals surface area contributed by atoms with Crippen LogP contribution in [0.15, 0.2) is 53.4 Å². The summed E-state index contributed by atoms with van der Waals surface area (Å²) in [6.07, 6.45) is 4.68. The number of piperidine rings is 1. The van der Waals surface area contributed by atoms with Gasteiger partial charge in [-0.05, 0) is 59.1 Å². The number of aromatic nitrogens is 3. The number of Topliss-reactive ketones (excluding diaryl/α,β-unsaturated/α-hetero) is 1. The molecule has 0 unspecified atom stereocenters. The van der Waals surface area contributed by atoms with Gasteiger partial charge in [0.05, 0.1) is 28.2 Å². The van der Waals surface area contributed by atoms with Gasteiger partial charge >= 0.3 is 12.6 Å². The van der Waals surface area contributed by atoms with Crippen LogP contribution in [-0.2, 0) is 4.79 Å². The average molecular weight is 564 g/mol. The van der Waals surface area contributed by atoms with E-state index in [4.69, 9.17) is 5.41 Å². The number of amidine groups is 1. The molecule has 0 bridgehead atoms. The monoisotopic (exact) mass is 563 g/mol. The van der Waals surface area contributed by atoms with Gasteiger partial charge in [0.25, 0.3) is 0 Å². The van der Waals surface area contributed by atoms with Crippen LogP contribution in [0.1, 0.15) is 19.4 Å². The van der Waals surface area contributed by atoms with Crippen molar-refractivity contribution in [3.63, 3.8) is 0 Å². The lowest BCUT2D eigenvalue weighted by Crippen LogP contribution is -2.44. The third kappa shape index (κ3) is 5.90. The topological polar surface area (TPSA) is 116 Å². The second-order valence-corrected chi connectivity index (χ2v) is 8.96. The molecule has 1 fully saturated rings. The Kier molecular flexibility index (Phi) is 7.67. The fraction of sp³-hybridized carbons (Fsp3) is 0.261. The number of carbonyl (C=O) groups excluding carboxylic acids is 2. The Bertz CT molecular complexity index is 1270. The SMILES string of the molecule is N=C(Nc1ccc(F)c(Br)c1)C(=O)C1CCN(C(=O)Nc2ccc(-c3cnn(C(F)F)c3)nc2)CC1. The summed E-state index contributed by atoms with van der Waals surface area (Å²) in [4.78, 5) is 31.0. The van der Waals surface area contributed by atoms with Crippen molar-refractivity contribution < 1.29 is 22.8 Å². The highest BCUT2D eigenvalue weighted by molar-refractivity contribution is 9.10. The smallest absolute Gasteiger partial charge is 0.333 e. The maximum Gasteiger partial charge on any atom is 0.333 e. The van der Waals surface area contributed by atoms with Gasteiger partial charge in [0.1, 0.15) is 5.82 Å². The first-order valence-corrected chi connectivity index (χ1v) is 11.7. The van der Waals surface area contributed by atoms with Crippen LogP contribution in [0.25, 0.3) is 11.3 Å². The van der Waals surface area contributed by atoms with Gasteiger partial charge in [0.2, 0.25) is 5.78 Å². The molecule has 1 saturated heterocycles. The van der Waals surface area contributed by atoms with E-state index in [0.717, 1.165) is 0 Å². The van der Waals surface area contributed by atoms with Gasteiger partial charge in [-0.1, -0.05) is 0 Å². The van der Waals surface area contributed by atoms with Gasteiger partial charge in [-0.25, -0.2) is 13.9 Å². The first-order valence-electron chi connectivity index (χ1n) is 10.9. The zero-order chi connectivity index (χ0) is 25.8. The van der Waals surface area contributed by atoms with Crippen LogP contribution in [0.4, 0.5) is 29.3 Å². The van der Waals surface area contributed by atoms with E-state index in [1.807, 2.05) is 0 Å². The molecule has 3 heterocycles. The van der Waals surface area contributed by atoms with Crippen molar-refractivity contribution in [3.8, 4) is 11.3 Å². The van der Waals surface area contributed by atoms with Crippen LogP contribution >= 0.6 is 15.9 Å². The first kappa shape index (κ1) is 25.4. The lowest BCUT2D eigenvalue weighted by atomic mass is 9.92. The Balaban J connectivity index is 1.27. The number of pyridine rings is 1. The molecule has 2 aromatic heterocycles. The maximum absolute atomic E-state index is 13.4. The fourth-order valence-corrected chi connectivity index (χ4v) is 4.13. The molecular formula is C23H21BrF3N7O2. The normalized spacial score (nSPS) is 14.1. The molecule has 0 aliphatic carbocycles. The summed E-state index contributed by atoms with van der Waals surface area (Å²) < 4.78 is 39.5. The number of carbonyl (C=O) groups is 2. The van der Waals surface area contributed by atoms with Crippen LogP contribution in [-0.4, -0.2) is 50.4 Å². The zero-order valence-electron chi connectivity index (χ0n) is 18.7. The van der Waals surface area contributed by atoms with Crippen molar-refractivity contribution in [2.75, 3.05) is 23.7 Å². The number of nitrogens with one attached hydrogen (secondary N) is 3. The highest BCUT2D eigenvalue weighted by Crippen LogP contribution is 2.24. The van der Waals surface area contributed by atoms with Crippen molar-refractivity contribution in [2.24, 2.45) is 5.92 Å². The first-order chi connectivity index (χ1) is 17.2. The quantitative estimate of drug-likeness (QED) is 0.283. The molecule has 0 saturated carbocycles. The van der Waals surface area contributed by atoms with Gasteiger partial charge in [-0.3, -0.25) is 15.2 Å². The van der Waals surface area contributed by atoms with Crippen LogP contribution in [0, 0.1) is 17.1 Å². The number of urea groups is 1. The van der Waals surface area contributed by atoms with E-state index in [1.54, 1.807) is 17.0 Å². The lowest BCUT2D eigenvalue weighted by Gasteiger charge is -2.31. The standard InChI is InChI=1S/C23H21BrF3N7O2/c24-17-9-15(1-3-18(17)25)31-21(28)20(35)13-5-7-33(8-6-13)23(36)32-16-2-4-19(29-11-16)14-10-30-34(12-14)22(26)27/h1-4,9-13,22H,5-8H2,(H2,28,31)(H,32,36). The molecule has 1 aliphatic rings. The zero-order valence-corrected chi connectivity index (χ0v) is 20.3. The minimum absolute atomic E-state index is 0.222. The molecular weight excluding hydrogens is 543 g/mol. The van der Waals surface area contributed by atoms with E-state index in [2.05, 4.69) is 36.6 Å². The number of alkyl halides is 2. The van der Waals surface area contributed by atoms with Crippen molar-refractivity contribution in [1.29, 1.82) is 5.41 Å². The Morgan fingerprint density at radius 2 is 1.81 bits per heavy atom. The molecule has 9 nitrogen and oxygen atoms in total. The molecule has 3 aromatic rings. The number of hydrogen-bond acceptors (Lipinski definition) is 5. The summed E-state index contributed by atoms with van der Waals surface area (Å²) in [5.74, 6) is -1.52. The molecule has 2 amide bonds. The number of rotatable bonds is 6. The Morgan fingerprint density at radius 3 is 2.42 bits per heavy atom. The Morgan fingerprint density at radius 1 is 1.08 bits per heavy atom. The van der Waals surface area contributed by atoms with Gasteiger partial charge in [0, 0.05) is 36.5 Å². The molecule has 188 valence electrons. The van der Waals surface area contributed by atoms with E-state index >= 15 is 0 Å². The third-order valence-electron chi connectivity index (χ3n) is 5.70. The molecule has 1 aliphatic heterocycles. The number of likely N-dealkylation sites (tertiary alicyclic amines) is 1. The van der Waals surface area contributed by atoms with Gasteiger partial charge in [-0.15, -0.1) is 0 Å². The lowest BCUT2D eigenvalue weighted by molar-refractivity contribution is -0.117. The minimum atomic E-state index is -2.74. The summed E-state index contributed by atoms with van der Waals surface area (Å²) in [5.41, 5.74) is 1.70. The summed E-state index contributed by atoms with van der Waals surface area (Å²) in [6.45, 7) is -2.08. The van der Waals surface area contributed by atoms with E-state index < -0.39 is 18.3 Å². The van der Waals surface area contributed by atoms with Crippen molar-refractivity contribution in [3.05, 3.63) is 59.2 Å². The number of halogens is 4. The van der Waals surface area contributed by atoms with Gasteiger partial charge in [0.15, 0.2) is 5.84 Å². The molecule has 13 heteroatoms. The summed E-state index contributed by atoms with van der Waals surface area (Å²) in [5, 5.41) is 17.1. The molecule has 3 N–H and O–H groups in total. The molecule has 0 spiro atoms. The number of ketones is 1. The van der Waals surface area contributed by atoms with E-state index in [0.29, 0.717) is 53.2 Å². The van der Waals surface area contributed by atoms with Crippen LogP contribution in [0.5, 0.6) is 0 Å². The van der Waals surface area contributed by atoms with Gasteiger partial charge < -0.3 is 15.5 Å². The highest BCUT2D eigenvalue weighted by atomic mass is 79.9. The second kappa shape index (κ2) is 10.9. The predicted molar refractivity (Wildman–Crippen MR) is 130 cm³/mol. The average Bonchev–Trinajstić information content (AvgIpc) is 3.37. The van der Waals surface area contributed by atoms with E-state index in [1.165, 1.54) is 36.8 Å². The molecule has 4 rings (SSSR count). The maximum atomic E-state index is 13.4. The number of hydrogen-bond donors (Lipinski definition) is 3. The molecule has 36 heavy (non-hydrogen) atoms. The predicted octanol–water partition coefficient (Wildman–Crippen LogP) is 5.14. The minimum Gasteiger partial charge on any atom is -0.338 e. The van der Waals surface area contributed by atoms with Crippen molar-refractivity contribution >= 4 is 45.0 Å². The van der Waals surface area contributed by atoms with Crippen LogP contribution < -0.4 is 10.6 Å². The number of anilines is 2. The largest absolute Gasteiger partial charge is 0.338 e. The fourth-order valence-electron chi connectivity index (χ4n) is 3.75. The second-order valence-electron chi connectivity index (χ2n) is 8.10. The highest BCUT2D eigenvalue weighted by Gasteiger charge is 2.29. The number of nitrogens with zero attached hydrogens (tertiary/aromatic N) is 4. The van der Waals surface area contributed by atoms with Crippen LogP contribution in [0.2, 0.25) is 0 Å². The van der Waals surface area contributed by atoms with E-state index in [9.17, 15) is 22.8 Å². The van der Waals surface area contributed by atoms with Crippen LogP contribution in [0.3, 0.4) is 0 Å². The number of amides is 2. The van der Waals surface area contributed by atoms with E-state index in [-0.39, 0.29) is 22.1 Å². The van der Waals surface area contributed by atoms with Crippen molar-refractivity contribution in [2.45, 2.75) is 19.4 Å². The summed E-state index contributed by atoms with van der Waals surface area (Å²) >= 11 is 3.07. The molecule has 0 radical (unpaired) electrons. The summed E-state index contributed by atoms with van der Waals surface area (Å²) in [6, 6.07) is 6.95. The Labute approximate surface area is 212 Å². The number of benzene rings is 1. The molecule has 1 aromatic carbocycles. The van der Waals surface area contributed by atoms with Gasteiger partial charge in [-0.2, -0.15) is 13.9 Å². The Hall–Kier alpha value is -3.74. The van der Waals surface area contributed by atoms with Crippen molar-refractivity contribution in [1.82, 2.24) is 19.7 Å². The third-order valence-corrected chi connectivity index (χ3v) is 6.31. The molecule has 0 atom stereocenters.